The van der Waals surface area contributed by atoms with E-state index in [1.165, 1.54) is 11.0 Å². The number of hydrogen-bond acceptors (Lipinski definition) is 6. The first-order valence-electron chi connectivity index (χ1n) is 3.51. The van der Waals surface area contributed by atoms with Crippen molar-refractivity contribution < 1.29 is 19.5 Å². The Labute approximate surface area is 77.6 Å². The van der Waals surface area contributed by atoms with Crippen molar-refractivity contribution in [3.8, 4) is 0 Å². The first kappa shape index (κ1) is 10.1. The summed E-state index contributed by atoms with van der Waals surface area (Å²) in [6.07, 6.45) is 1.25. The highest BCUT2D eigenvalue weighted by atomic mass is 16.7. The zero-order chi connectivity index (χ0) is 10.4. The van der Waals surface area contributed by atoms with Gasteiger partial charge in [-0.2, -0.15) is 0 Å². The number of aromatic nitrogens is 4. The van der Waals surface area contributed by atoms with E-state index in [1.807, 2.05) is 5.48 Å². The Morgan fingerprint density at radius 1 is 1.57 bits per heavy atom. The fourth-order valence-electron chi connectivity index (χ4n) is 0.610. The van der Waals surface area contributed by atoms with Crippen molar-refractivity contribution >= 4 is 11.9 Å². The number of tetrazole rings is 1. The lowest BCUT2D eigenvalue weighted by molar-refractivity contribution is -0.149. The van der Waals surface area contributed by atoms with E-state index in [9.17, 15) is 9.59 Å². The third-order valence-corrected chi connectivity index (χ3v) is 1.08. The number of carbonyl (C=O) groups is 2. The van der Waals surface area contributed by atoms with E-state index in [0.717, 1.165) is 0 Å². The van der Waals surface area contributed by atoms with Crippen molar-refractivity contribution in [3.05, 3.63) is 6.33 Å². The van der Waals surface area contributed by atoms with Gasteiger partial charge >= 0.3 is 5.97 Å². The normalized spacial score (nSPS) is 9.71. The van der Waals surface area contributed by atoms with Gasteiger partial charge in [0.05, 0.1) is 0 Å². The summed E-state index contributed by atoms with van der Waals surface area (Å²) >= 11 is 0. The molecule has 1 aromatic heterocycles. The molecule has 0 atom stereocenters. The fraction of sp³-hybridized carbons (Fsp3) is 0.400. The Bertz CT molecular complexity index is 310. The summed E-state index contributed by atoms with van der Waals surface area (Å²) in [6, 6.07) is 0. The summed E-state index contributed by atoms with van der Waals surface area (Å²) < 4.78 is 1.17. The number of carboxylic acids is 1. The minimum atomic E-state index is -1.17. The summed E-state index contributed by atoms with van der Waals surface area (Å²) in [5.74, 6) is -1.72. The zero-order valence-corrected chi connectivity index (χ0v) is 6.95. The van der Waals surface area contributed by atoms with Crippen LogP contribution < -0.4 is 5.48 Å². The van der Waals surface area contributed by atoms with Gasteiger partial charge in [0.25, 0.3) is 5.91 Å². The smallest absolute Gasteiger partial charge is 0.332 e. The highest BCUT2D eigenvalue weighted by Crippen LogP contribution is 1.78. The van der Waals surface area contributed by atoms with Crippen LogP contribution in [0.1, 0.15) is 0 Å². The molecular weight excluding hydrogens is 194 g/mol. The van der Waals surface area contributed by atoms with Gasteiger partial charge in [0.2, 0.25) is 0 Å². The van der Waals surface area contributed by atoms with Crippen LogP contribution in [0, 0.1) is 0 Å². The third kappa shape index (κ3) is 3.58. The molecule has 0 aliphatic heterocycles. The number of nitrogens with zero attached hydrogens (tertiary/aromatic N) is 4. The molecule has 1 amide bonds. The van der Waals surface area contributed by atoms with Crippen LogP contribution in [0.25, 0.3) is 0 Å². The maximum absolute atomic E-state index is 10.9. The first-order valence-corrected chi connectivity index (χ1v) is 3.51. The molecule has 1 heterocycles. The average Bonchev–Trinajstić information content (AvgIpc) is 2.56. The Balaban J connectivity index is 2.20. The zero-order valence-electron chi connectivity index (χ0n) is 6.95. The second kappa shape index (κ2) is 4.87. The molecule has 1 rings (SSSR count). The van der Waals surface area contributed by atoms with Gasteiger partial charge in [0, 0.05) is 0 Å². The molecule has 0 saturated heterocycles. The minimum Gasteiger partial charge on any atom is -0.479 e. The van der Waals surface area contributed by atoms with Crippen LogP contribution in [0.15, 0.2) is 6.33 Å². The summed E-state index contributed by atoms with van der Waals surface area (Å²) in [6.45, 7) is -0.728. The summed E-state index contributed by atoms with van der Waals surface area (Å²) in [4.78, 5) is 25.3. The predicted octanol–water partition coefficient (Wildman–Crippen LogP) is -2.19. The van der Waals surface area contributed by atoms with E-state index < -0.39 is 18.5 Å². The maximum Gasteiger partial charge on any atom is 0.332 e. The second-order valence-electron chi connectivity index (χ2n) is 2.22. The highest BCUT2D eigenvalue weighted by molar-refractivity contribution is 5.74. The van der Waals surface area contributed by atoms with Crippen molar-refractivity contribution in [1.29, 1.82) is 0 Å². The molecule has 0 bridgehead atoms. The van der Waals surface area contributed by atoms with E-state index in [1.54, 1.807) is 0 Å². The number of hydroxylamine groups is 1. The SMILES string of the molecule is O=C(O)CONC(=O)Cn1cnnn1. The molecule has 9 heteroatoms. The number of rotatable bonds is 5. The first-order chi connectivity index (χ1) is 6.68. The number of amides is 1. The van der Waals surface area contributed by atoms with Gasteiger partial charge in [0.1, 0.15) is 12.9 Å². The van der Waals surface area contributed by atoms with E-state index in [-0.39, 0.29) is 6.54 Å². The molecule has 0 fully saturated rings. The van der Waals surface area contributed by atoms with E-state index >= 15 is 0 Å². The molecule has 0 unspecified atom stereocenters. The average molecular weight is 201 g/mol. The quantitative estimate of drug-likeness (QED) is 0.519. The summed E-state index contributed by atoms with van der Waals surface area (Å²) in [5.41, 5.74) is 1.92. The van der Waals surface area contributed by atoms with Crippen molar-refractivity contribution in [2.24, 2.45) is 0 Å². The van der Waals surface area contributed by atoms with Gasteiger partial charge in [-0.15, -0.1) is 5.10 Å². The molecule has 0 aliphatic carbocycles. The van der Waals surface area contributed by atoms with Crippen molar-refractivity contribution in [2.75, 3.05) is 6.61 Å². The number of hydrogen-bond donors (Lipinski definition) is 2. The van der Waals surface area contributed by atoms with Gasteiger partial charge in [0.15, 0.2) is 6.61 Å². The summed E-state index contributed by atoms with van der Waals surface area (Å²) in [5, 5.41) is 18.2. The Morgan fingerprint density at radius 3 is 2.93 bits per heavy atom. The van der Waals surface area contributed by atoms with Crippen molar-refractivity contribution in [1.82, 2.24) is 25.7 Å². The van der Waals surface area contributed by atoms with Crippen LogP contribution in [0.3, 0.4) is 0 Å². The monoisotopic (exact) mass is 201 g/mol. The Morgan fingerprint density at radius 2 is 2.36 bits per heavy atom. The lowest BCUT2D eigenvalue weighted by Crippen LogP contribution is -2.30. The van der Waals surface area contributed by atoms with Crippen molar-refractivity contribution in [3.63, 3.8) is 0 Å². The van der Waals surface area contributed by atoms with Gasteiger partial charge < -0.3 is 5.11 Å². The maximum atomic E-state index is 10.9. The van der Waals surface area contributed by atoms with Crippen LogP contribution in [-0.2, 0) is 21.0 Å². The van der Waals surface area contributed by atoms with Crippen molar-refractivity contribution in [2.45, 2.75) is 6.54 Å². The van der Waals surface area contributed by atoms with Gasteiger partial charge in [-0.25, -0.2) is 15.0 Å². The summed E-state index contributed by atoms with van der Waals surface area (Å²) in [7, 11) is 0. The molecule has 2 N–H and O–H groups in total. The molecule has 0 spiro atoms. The van der Waals surface area contributed by atoms with Crippen LogP contribution >= 0.6 is 0 Å². The number of nitrogens with one attached hydrogen (secondary N) is 1. The van der Waals surface area contributed by atoms with Crippen LogP contribution in [0.5, 0.6) is 0 Å². The largest absolute Gasteiger partial charge is 0.479 e. The molecule has 76 valence electrons. The lowest BCUT2D eigenvalue weighted by atomic mass is 10.6. The molecule has 0 saturated carbocycles. The third-order valence-electron chi connectivity index (χ3n) is 1.08. The van der Waals surface area contributed by atoms with E-state index in [4.69, 9.17) is 5.11 Å². The van der Waals surface area contributed by atoms with Crippen LogP contribution in [0.2, 0.25) is 0 Å². The molecule has 1 aromatic rings. The van der Waals surface area contributed by atoms with Gasteiger partial charge in [-0.3, -0.25) is 9.63 Å². The molecule has 0 aromatic carbocycles. The second-order valence-corrected chi connectivity index (χ2v) is 2.22. The Kier molecular flexibility index (Phi) is 3.49. The van der Waals surface area contributed by atoms with Gasteiger partial charge in [-0.1, -0.05) is 0 Å². The standard InChI is InChI=1S/C5H7N5O4/c11-4(7-14-2-5(12)13)1-10-3-6-8-9-10/h3H,1-2H2,(H,7,11)(H,12,13). The lowest BCUT2D eigenvalue weighted by Gasteiger charge is -2.02. The van der Waals surface area contributed by atoms with E-state index in [2.05, 4.69) is 20.4 Å². The van der Waals surface area contributed by atoms with Crippen LogP contribution in [0.4, 0.5) is 0 Å². The molecular formula is C5H7N5O4. The molecule has 0 radical (unpaired) electrons. The number of carbonyl (C=O) groups excluding carboxylic acids is 1. The Hall–Kier alpha value is -2.03. The molecule has 9 nitrogen and oxygen atoms in total. The topological polar surface area (TPSA) is 119 Å². The predicted molar refractivity (Wildman–Crippen MR) is 39.5 cm³/mol. The number of aliphatic carboxylic acids is 1. The highest BCUT2D eigenvalue weighted by Gasteiger charge is 2.04. The minimum absolute atomic E-state index is 0.132. The van der Waals surface area contributed by atoms with Gasteiger partial charge in [-0.05, 0) is 10.4 Å². The van der Waals surface area contributed by atoms with Crippen LogP contribution in [-0.4, -0.2) is 43.8 Å². The number of carboxylic acid groups (broad SMARTS) is 1. The fourth-order valence-corrected chi connectivity index (χ4v) is 0.610. The molecule has 14 heavy (non-hydrogen) atoms. The van der Waals surface area contributed by atoms with E-state index in [0.29, 0.717) is 0 Å². The molecule has 0 aliphatic rings.